The maximum absolute atomic E-state index is 5.38. The first-order chi connectivity index (χ1) is 8.19. The predicted molar refractivity (Wildman–Crippen MR) is 58.1 cm³/mol. The van der Waals surface area contributed by atoms with Gasteiger partial charge in [-0.25, -0.2) is 0 Å². The summed E-state index contributed by atoms with van der Waals surface area (Å²) >= 11 is 0. The average molecular weight is 238 g/mol. The summed E-state index contributed by atoms with van der Waals surface area (Å²) in [6, 6.07) is 0.349. The lowest BCUT2D eigenvalue weighted by atomic mass is 10.3. The molecule has 1 atom stereocenters. The molecule has 0 aliphatic heterocycles. The zero-order chi connectivity index (χ0) is 12.3. The van der Waals surface area contributed by atoms with Crippen molar-refractivity contribution in [3.63, 3.8) is 0 Å². The van der Waals surface area contributed by atoms with Crippen LogP contribution in [-0.4, -0.2) is 27.4 Å². The topological polar surface area (TPSA) is 102 Å². The van der Waals surface area contributed by atoms with E-state index in [1.54, 1.807) is 6.92 Å². The monoisotopic (exact) mass is 238 g/mol. The molecule has 0 bridgehead atoms. The molecule has 2 aromatic heterocycles. The Morgan fingerprint density at radius 1 is 1.35 bits per heavy atom. The van der Waals surface area contributed by atoms with E-state index in [1.165, 1.54) is 0 Å². The lowest BCUT2D eigenvalue weighted by molar-refractivity contribution is 0.377. The van der Waals surface area contributed by atoms with Gasteiger partial charge in [-0.15, -0.1) is 5.10 Å². The van der Waals surface area contributed by atoms with E-state index >= 15 is 0 Å². The number of aryl methyl sites for hydroxylation is 1. The van der Waals surface area contributed by atoms with Gasteiger partial charge in [0.15, 0.2) is 5.82 Å². The number of nitrogens with one attached hydrogen (secondary N) is 2. The van der Waals surface area contributed by atoms with Crippen molar-refractivity contribution in [1.29, 1.82) is 0 Å². The number of aromatic nitrogens is 4. The van der Waals surface area contributed by atoms with Gasteiger partial charge in [-0.05, 0) is 20.9 Å². The standard InChI is InChI=1S/C9H14N6O2/c1-5(10-3)8-13-14-9(16-8)11-4-7-12-6(2)15-17-7/h5,10H,4H2,1-3H3,(H,11,14). The second-order valence-corrected chi connectivity index (χ2v) is 3.54. The number of rotatable bonds is 5. The van der Waals surface area contributed by atoms with Crippen LogP contribution in [0.25, 0.3) is 0 Å². The second-order valence-electron chi connectivity index (χ2n) is 3.54. The minimum absolute atomic E-state index is 0.0173. The summed E-state index contributed by atoms with van der Waals surface area (Å²) in [5.41, 5.74) is 0. The number of hydrogen-bond acceptors (Lipinski definition) is 8. The van der Waals surface area contributed by atoms with Crippen LogP contribution in [0.15, 0.2) is 8.94 Å². The first-order valence-electron chi connectivity index (χ1n) is 5.22. The molecule has 0 amide bonds. The first-order valence-corrected chi connectivity index (χ1v) is 5.22. The highest BCUT2D eigenvalue weighted by Gasteiger charge is 2.12. The van der Waals surface area contributed by atoms with Gasteiger partial charge >= 0.3 is 6.01 Å². The first kappa shape index (κ1) is 11.5. The zero-order valence-corrected chi connectivity index (χ0v) is 9.89. The van der Waals surface area contributed by atoms with Gasteiger partial charge in [0, 0.05) is 0 Å². The van der Waals surface area contributed by atoms with Gasteiger partial charge in [-0.3, -0.25) is 0 Å². The zero-order valence-electron chi connectivity index (χ0n) is 9.89. The molecule has 0 aliphatic rings. The summed E-state index contributed by atoms with van der Waals surface area (Å²) in [6.45, 7) is 4.04. The second kappa shape index (κ2) is 4.91. The highest BCUT2D eigenvalue weighted by molar-refractivity contribution is 5.17. The maximum atomic E-state index is 5.38. The summed E-state index contributed by atoms with van der Waals surface area (Å²) in [6.07, 6.45) is 0. The lowest BCUT2D eigenvalue weighted by Crippen LogP contribution is -2.12. The van der Waals surface area contributed by atoms with Crippen LogP contribution < -0.4 is 10.6 Å². The Morgan fingerprint density at radius 3 is 2.82 bits per heavy atom. The SMILES string of the molecule is CNC(C)c1nnc(NCc2nc(C)no2)o1. The summed E-state index contributed by atoms with van der Waals surface area (Å²) < 4.78 is 10.3. The molecule has 17 heavy (non-hydrogen) atoms. The summed E-state index contributed by atoms with van der Waals surface area (Å²) in [4.78, 5) is 4.04. The summed E-state index contributed by atoms with van der Waals surface area (Å²) in [7, 11) is 1.82. The van der Waals surface area contributed by atoms with Crippen LogP contribution in [0.3, 0.4) is 0 Å². The molecule has 92 valence electrons. The fourth-order valence-electron chi connectivity index (χ4n) is 1.17. The Bertz CT molecular complexity index is 479. The molecular weight excluding hydrogens is 224 g/mol. The van der Waals surface area contributed by atoms with E-state index in [1.807, 2.05) is 14.0 Å². The van der Waals surface area contributed by atoms with Crippen molar-refractivity contribution in [2.24, 2.45) is 0 Å². The molecule has 2 rings (SSSR count). The molecule has 0 aromatic carbocycles. The van der Waals surface area contributed by atoms with Crippen molar-refractivity contribution in [3.8, 4) is 0 Å². The summed E-state index contributed by atoms with van der Waals surface area (Å²) in [5, 5.41) is 17.3. The Kier molecular flexibility index (Phi) is 3.33. The van der Waals surface area contributed by atoms with Crippen molar-refractivity contribution < 1.29 is 8.94 Å². The maximum Gasteiger partial charge on any atom is 0.315 e. The molecule has 2 heterocycles. The minimum atomic E-state index is 0.0173. The average Bonchev–Trinajstić information content (AvgIpc) is 2.94. The van der Waals surface area contributed by atoms with Gasteiger partial charge in [0.1, 0.15) is 0 Å². The quantitative estimate of drug-likeness (QED) is 0.782. The molecule has 0 saturated heterocycles. The normalized spacial score (nSPS) is 12.6. The molecule has 1 unspecified atom stereocenters. The fraction of sp³-hybridized carbons (Fsp3) is 0.556. The van der Waals surface area contributed by atoms with Gasteiger partial charge in [0.2, 0.25) is 11.8 Å². The van der Waals surface area contributed by atoms with Gasteiger partial charge in [-0.1, -0.05) is 10.3 Å². The smallest absolute Gasteiger partial charge is 0.315 e. The lowest BCUT2D eigenvalue weighted by Gasteiger charge is -2.02. The largest absolute Gasteiger partial charge is 0.406 e. The van der Waals surface area contributed by atoms with Gasteiger partial charge < -0.3 is 19.6 Å². The predicted octanol–water partition coefficient (Wildman–Crippen LogP) is 0.654. The molecule has 2 aromatic rings. The molecular formula is C9H14N6O2. The van der Waals surface area contributed by atoms with E-state index in [4.69, 9.17) is 8.94 Å². The highest BCUT2D eigenvalue weighted by Crippen LogP contribution is 2.13. The van der Waals surface area contributed by atoms with Crippen LogP contribution in [-0.2, 0) is 6.54 Å². The van der Waals surface area contributed by atoms with E-state index in [-0.39, 0.29) is 6.04 Å². The van der Waals surface area contributed by atoms with Crippen LogP contribution >= 0.6 is 0 Å². The molecule has 0 radical (unpaired) electrons. The fourth-order valence-corrected chi connectivity index (χ4v) is 1.17. The highest BCUT2D eigenvalue weighted by atomic mass is 16.5. The van der Waals surface area contributed by atoms with E-state index in [0.29, 0.717) is 30.2 Å². The molecule has 0 fully saturated rings. The number of hydrogen-bond donors (Lipinski definition) is 2. The van der Waals surface area contributed by atoms with Gasteiger partial charge in [0.25, 0.3) is 0 Å². The Morgan fingerprint density at radius 2 is 2.18 bits per heavy atom. The van der Waals surface area contributed by atoms with Gasteiger partial charge in [-0.2, -0.15) is 4.98 Å². The molecule has 2 N–H and O–H groups in total. The van der Waals surface area contributed by atoms with E-state index < -0.39 is 0 Å². The van der Waals surface area contributed by atoms with Crippen LogP contribution in [0.5, 0.6) is 0 Å². The van der Waals surface area contributed by atoms with Crippen LogP contribution in [0.4, 0.5) is 6.01 Å². The molecule has 0 spiro atoms. The van der Waals surface area contributed by atoms with Crippen molar-refractivity contribution >= 4 is 6.01 Å². The molecule has 0 saturated carbocycles. The molecule has 8 heteroatoms. The molecule has 0 aliphatic carbocycles. The Balaban J connectivity index is 1.93. The number of nitrogens with zero attached hydrogens (tertiary/aromatic N) is 4. The van der Waals surface area contributed by atoms with Crippen molar-refractivity contribution in [2.45, 2.75) is 26.4 Å². The van der Waals surface area contributed by atoms with E-state index in [9.17, 15) is 0 Å². The van der Waals surface area contributed by atoms with Crippen LogP contribution in [0.1, 0.15) is 30.6 Å². The third kappa shape index (κ3) is 2.78. The molecule has 8 nitrogen and oxygen atoms in total. The number of anilines is 1. The van der Waals surface area contributed by atoms with Crippen LogP contribution in [0.2, 0.25) is 0 Å². The van der Waals surface area contributed by atoms with Crippen molar-refractivity contribution in [3.05, 3.63) is 17.6 Å². The van der Waals surface area contributed by atoms with Crippen molar-refractivity contribution in [2.75, 3.05) is 12.4 Å². The summed E-state index contributed by atoms with van der Waals surface area (Å²) in [5.74, 6) is 1.59. The third-order valence-corrected chi connectivity index (χ3v) is 2.20. The Hall–Kier alpha value is -1.96. The van der Waals surface area contributed by atoms with E-state index in [2.05, 4.69) is 31.0 Å². The van der Waals surface area contributed by atoms with Crippen LogP contribution in [0, 0.1) is 6.92 Å². The van der Waals surface area contributed by atoms with Gasteiger partial charge in [0.05, 0.1) is 12.6 Å². The van der Waals surface area contributed by atoms with Crippen molar-refractivity contribution in [1.82, 2.24) is 25.7 Å². The third-order valence-electron chi connectivity index (χ3n) is 2.20. The Labute approximate surface area is 97.8 Å². The van der Waals surface area contributed by atoms with E-state index in [0.717, 1.165) is 0 Å². The minimum Gasteiger partial charge on any atom is -0.406 e.